The van der Waals surface area contributed by atoms with Crippen LogP contribution in [0, 0.1) is 0 Å². The summed E-state index contributed by atoms with van der Waals surface area (Å²) in [5.74, 6) is -0.459. The summed E-state index contributed by atoms with van der Waals surface area (Å²) in [6, 6.07) is 7.75. The first-order valence-electron chi connectivity index (χ1n) is 5.55. The molecule has 2 N–H and O–H groups in total. The van der Waals surface area contributed by atoms with Crippen molar-refractivity contribution in [1.29, 1.82) is 0 Å². The van der Waals surface area contributed by atoms with E-state index in [2.05, 4.69) is 31.9 Å². The van der Waals surface area contributed by atoms with E-state index in [0.29, 0.717) is 14.7 Å². The van der Waals surface area contributed by atoms with E-state index in [0.717, 1.165) is 0 Å². The Morgan fingerprint density at radius 2 is 1.70 bits per heavy atom. The van der Waals surface area contributed by atoms with Crippen LogP contribution in [0.4, 0.5) is 0 Å². The number of phenolic OH excluding ortho intramolecular Hbond substituents is 2. The Bertz CT molecular complexity index is 683. The van der Waals surface area contributed by atoms with Crippen molar-refractivity contribution < 1.29 is 19.7 Å². The van der Waals surface area contributed by atoms with Crippen molar-refractivity contribution in [2.45, 2.75) is 0 Å². The number of rotatable bonds is 3. The molecule has 0 heterocycles. The molecule has 0 aliphatic rings. The van der Waals surface area contributed by atoms with Crippen LogP contribution in [0.5, 0.6) is 17.2 Å². The van der Waals surface area contributed by atoms with Gasteiger partial charge in [-0.15, -0.1) is 0 Å². The fourth-order valence-corrected chi connectivity index (χ4v) is 2.60. The summed E-state index contributed by atoms with van der Waals surface area (Å²) >= 11 is 6.31. The number of hydrogen-bond donors (Lipinski definition) is 2. The Morgan fingerprint density at radius 3 is 2.35 bits per heavy atom. The Morgan fingerprint density at radius 1 is 1.05 bits per heavy atom. The van der Waals surface area contributed by atoms with Crippen molar-refractivity contribution >= 4 is 37.6 Å². The van der Waals surface area contributed by atoms with Crippen LogP contribution >= 0.6 is 31.9 Å². The molecule has 0 bridgehead atoms. The molecule has 0 saturated heterocycles. The lowest BCUT2D eigenvalue weighted by Gasteiger charge is -2.10. The van der Waals surface area contributed by atoms with E-state index >= 15 is 0 Å². The number of methoxy groups -OCH3 is 1. The zero-order valence-corrected chi connectivity index (χ0v) is 13.5. The van der Waals surface area contributed by atoms with Crippen molar-refractivity contribution in [3.8, 4) is 17.2 Å². The van der Waals surface area contributed by atoms with Gasteiger partial charge in [-0.25, -0.2) is 0 Å². The molecule has 0 amide bonds. The molecular formula is C14H10Br2O4. The third-order valence-corrected chi connectivity index (χ3v) is 4.18. The molecule has 20 heavy (non-hydrogen) atoms. The van der Waals surface area contributed by atoms with Gasteiger partial charge in [0.05, 0.1) is 22.7 Å². The smallest absolute Gasteiger partial charge is 0.200 e. The van der Waals surface area contributed by atoms with Crippen molar-refractivity contribution in [3.63, 3.8) is 0 Å². The first-order valence-corrected chi connectivity index (χ1v) is 7.13. The minimum Gasteiger partial charge on any atom is -0.506 e. The second-order valence-electron chi connectivity index (χ2n) is 3.94. The number of para-hydroxylation sites is 1. The number of benzene rings is 2. The van der Waals surface area contributed by atoms with Crippen LogP contribution in [-0.2, 0) is 0 Å². The van der Waals surface area contributed by atoms with Gasteiger partial charge in [0.2, 0.25) is 5.78 Å². The van der Waals surface area contributed by atoms with Crippen LogP contribution in [0.3, 0.4) is 0 Å². The number of carbonyl (C=O) groups excluding carboxylic acids is 1. The molecule has 2 aromatic carbocycles. The van der Waals surface area contributed by atoms with Gasteiger partial charge >= 0.3 is 0 Å². The molecule has 4 nitrogen and oxygen atoms in total. The number of ether oxygens (including phenoxy) is 1. The third kappa shape index (κ3) is 2.53. The highest BCUT2D eigenvalue weighted by Gasteiger charge is 2.21. The molecule has 2 rings (SSSR count). The Labute approximate surface area is 132 Å². The maximum absolute atomic E-state index is 12.4. The Balaban J connectivity index is 2.55. The van der Waals surface area contributed by atoms with Gasteiger partial charge < -0.3 is 14.9 Å². The molecule has 0 aliphatic carbocycles. The molecule has 0 fully saturated rings. The number of aromatic hydroxyl groups is 2. The van der Waals surface area contributed by atoms with Gasteiger partial charge in [-0.2, -0.15) is 0 Å². The monoisotopic (exact) mass is 400 g/mol. The minimum atomic E-state index is -0.482. The van der Waals surface area contributed by atoms with Crippen LogP contribution in [0.2, 0.25) is 0 Å². The second-order valence-corrected chi connectivity index (χ2v) is 5.59. The highest BCUT2D eigenvalue weighted by atomic mass is 79.9. The average Bonchev–Trinajstić information content (AvgIpc) is 2.44. The van der Waals surface area contributed by atoms with E-state index in [4.69, 9.17) is 4.74 Å². The summed E-state index contributed by atoms with van der Waals surface area (Å²) < 4.78 is 5.74. The molecule has 0 aromatic heterocycles. The first kappa shape index (κ1) is 14.9. The largest absolute Gasteiger partial charge is 0.506 e. The van der Waals surface area contributed by atoms with Crippen molar-refractivity contribution in [2.75, 3.05) is 7.11 Å². The predicted octanol–water partition coefficient (Wildman–Crippen LogP) is 3.86. The van der Waals surface area contributed by atoms with Gasteiger partial charge in [0, 0.05) is 0 Å². The van der Waals surface area contributed by atoms with Crippen LogP contribution in [-0.4, -0.2) is 23.1 Å². The van der Waals surface area contributed by atoms with Gasteiger partial charge in [0.15, 0.2) is 0 Å². The maximum Gasteiger partial charge on any atom is 0.200 e. The fraction of sp³-hybridized carbons (Fsp3) is 0.0714. The highest BCUT2D eigenvalue weighted by molar-refractivity contribution is 9.11. The number of ketones is 1. The third-order valence-electron chi connectivity index (χ3n) is 2.78. The van der Waals surface area contributed by atoms with Crippen LogP contribution in [0.25, 0.3) is 0 Å². The summed E-state index contributed by atoms with van der Waals surface area (Å²) in [7, 11) is 1.46. The molecular weight excluding hydrogens is 392 g/mol. The topological polar surface area (TPSA) is 66.8 Å². The second kappa shape index (κ2) is 5.85. The zero-order chi connectivity index (χ0) is 14.9. The van der Waals surface area contributed by atoms with E-state index in [1.807, 2.05) is 0 Å². The summed E-state index contributed by atoms with van der Waals surface area (Å²) in [5, 5.41) is 20.0. The van der Waals surface area contributed by atoms with Gasteiger partial charge in [0.25, 0.3) is 0 Å². The van der Waals surface area contributed by atoms with Gasteiger partial charge in [0.1, 0.15) is 21.7 Å². The molecule has 0 atom stereocenters. The predicted molar refractivity (Wildman–Crippen MR) is 81.6 cm³/mol. The molecule has 0 saturated carbocycles. The summed E-state index contributed by atoms with van der Waals surface area (Å²) in [5.41, 5.74) is 0.179. The standard InChI is InChI=1S/C14H10Br2O4/c1-20-10-6-5-8(14(19)11(10)16)12(17)7-3-2-4-9(15)13(7)18/h2-6,18-19H,1H3. The average molecular weight is 402 g/mol. The van der Waals surface area contributed by atoms with E-state index in [-0.39, 0.29) is 22.6 Å². The lowest BCUT2D eigenvalue weighted by molar-refractivity contribution is 0.103. The molecule has 104 valence electrons. The van der Waals surface area contributed by atoms with Crippen LogP contribution < -0.4 is 4.74 Å². The van der Waals surface area contributed by atoms with Crippen LogP contribution in [0.1, 0.15) is 15.9 Å². The number of carbonyl (C=O) groups is 1. The molecule has 0 unspecified atom stereocenters. The van der Waals surface area contributed by atoms with E-state index in [1.165, 1.54) is 19.2 Å². The fourth-order valence-electron chi connectivity index (χ4n) is 1.73. The van der Waals surface area contributed by atoms with E-state index < -0.39 is 5.78 Å². The molecule has 2 aromatic rings. The zero-order valence-electron chi connectivity index (χ0n) is 10.4. The summed E-state index contributed by atoms with van der Waals surface area (Å²) in [6.45, 7) is 0. The quantitative estimate of drug-likeness (QED) is 0.766. The SMILES string of the molecule is COc1ccc(C(=O)c2cccc(Br)c2O)c(O)c1Br. The maximum atomic E-state index is 12.4. The normalized spacial score (nSPS) is 10.3. The van der Waals surface area contributed by atoms with Crippen molar-refractivity contribution in [1.82, 2.24) is 0 Å². The first-order chi connectivity index (χ1) is 9.47. The van der Waals surface area contributed by atoms with Crippen molar-refractivity contribution in [2.24, 2.45) is 0 Å². The Hall–Kier alpha value is -1.53. The lowest BCUT2D eigenvalue weighted by atomic mass is 10.0. The number of halogens is 2. The van der Waals surface area contributed by atoms with E-state index in [1.54, 1.807) is 18.2 Å². The van der Waals surface area contributed by atoms with Gasteiger partial charge in [-0.3, -0.25) is 4.79 Å². The Kier molecular flexibility index (Phi) is 4.35. The molecule has 6 heteroatoms. The minimum absolute atomic E-state index is 0.0751. The summed E-state index contributed by atoms with van der Waals surface area (Å²) in [4.78, 5) is 12.4. The number of hydrogen-bond acceptors (Lipinski definition) is 4. The van der Waals surface area contributed by atoms with E-state index in [9.17, 15) is 15.0 Å². The highest BCUT2D eigenvalue weighted by Crippen LogP contribution is 2.38. The van der Waals surface area contributed by atoms with Gasteiger partial charge in [-0.1, -0.05) is 6.07 Å². The van der Waals surface area contributed by atoms with Crippen molar-refractivity contribution in [3.05, 3.63) is 50.4 Å². The molecule has 0 radical (unpaired) electrons. The molecule has 0 aliphatic heterocycles. The lowest BCUT2D eigenvalue weighted by Crippen LogP contribution is -2.03. The van der Waals surface area contributed by atoms with Crippen LogP contribution in [0.15, 0.2) is 39.3 Å². The molecule has 0 spiro atoms. The number of phenols is 2. The van der Waals surface area contributed by atoms with Gasteiger partial charge in [-0.05, 0) is 56.1 Å². The summed E-state index contributed by atoms with van der Waals surface area (Å²) in [6.07, 6.45) is 0.